The van der Waals surface area contributed by atoms with E-state index in [1.54, 1.807) is 0 Å². The van der Waals surface area contributed by atoms with Crippen molar-refractivity contribution in [3.05, 3.63) is 96.3 Å². The van der Waals surface area contributed by atoms with Gasteiger partial charge in [-0.15, -0.1) is 0 Å². The number of hydrogen-bond acceptors (Lipinski definition) is 2. The molecule has 2 heterocycles. The molecule has 0 fully saturated rings. The van der Waals surface area contributed by atoms with E-state index in [1.807, 2.05) is 6.20 Å². The summed E-state index contributed by atoms with van der Waals surface area (Å²) in [5, 5.41) is 10.3. The highest BCUT2D eigenvalue weighted by atomic mass is 14.8. The van der Waals surface area contributed by atoms with E-state index in [2.05, 4.69) is 120 Å². The Hall–Kier alpha value is -4.04. The second-order valence-corrected chi connectivity index (χ2v) is 13.9. The van der Waals surface area contributed by atoms with Gasteiger partial charge >= 0.3 is 0 Å². The molecule has 5 aromatic carbocycles. The Bertz CT molecular complexity index is 2070. The zero-order valence-electron chi connectivity index (χ0n) is 24.4. The zero-order valence-corrected chi connectivity index (χ0v) is 24.4. The largest absolute Gasteiger partial charge is 0.254 e. The molecule has 0 bridgehead atoms. The van der Waals surface area contributed by atoms with Crippen LogP contribution in [0.15, 0.2) is 85.1 Å². The van der Waals surface area contributed by atoms with Crippen LogP contribution in [0.5, 0.6) is 0 Å². The van der Waals surface area contributed by atoms with Gasteiger partial charge in [-0.1, -0.05) is 96.1 Å². The van der Waals surface area contributed by atoms with Crippen LogP contribution in [0.1, 0.15) is 52.8 Å². The standard InChI is InChI=1S/C38H36N2/c1-37(2,3)21-26-14-17-29-31(19-24-10-7-9-23-13-16-28(26)34(29)33(23)24)32-20-25-12-15-27(22-38(4,5)6)40-35(25)36-30(32)11-8-18-39-36/h7-20H,21-22H2,1-6H3. The molecular weight excluding hydrogens is 484 g/mol. The third kappa shape index (κ3) is 4.18. The molecular formula is C38H36N2. The molecule has 0 atom stereocenters. The average Bonchev–Trinajstić information content (AvgIpc) is 2.90. The van der Waals surface area contributed by atoms with E-state index in [0.717, 1.165) is 40.3 Å². The van der Waals surface area contributed by atoms with Crippen LogP contribution in [0, 0.1) is 10.8 Å². The van der Waals surface area contributed by atoms with Crippen molar-refractivity contribution >= 4 is 54.1 Å². The molecule has 0 radical (unpaired) electrons. The van der Waals surface area contributed by atoms with Gasteiger partial charge in [0.25, 0.3) is 0 Å². The second kappa shape index (κ2) is 8.73. The smallest absolute Gasteiger partial charge is 0.0970 e. The highest BCUT2D eigenvalue weighted by Gasteiger charge is 2.20. The maximum Gasteiger partial charge on any atom is 0.0970 e. The van der Waals surface area contributed by atoms with E-state index in [4.69, 9.17) is 9.97 Å². The van der Waals surface area contributed by atoms with Crippen molar-refractivity contribution in [3.8, 4) is 11.1 Å². The molecule has 0 aliphatic heterocycles. The van der Waals surface area contributed by atoms with Crippen LogP contribution in [0.2, 0.25) is 0 Å². The lowest BCUT2D eigenvalue weighted by Crippen LogP contribution is -2.10. The average molecular weight is 521 g/mol. The second-order valence-electron chi connectivity index (χ2n) is 13.9. The summed E-state index contributed by atoms with van der Waals surface area (Å²) >= 11 is 0. The molecule has 2 heteroatoms. The number of aromatic nitrogens is 2. The fourth-order valence-electron chi connectivity index (χ4n) is 6.56. The summed E-state index contributed by atoms with van der Waals surface area (Å²) in [5.41, 5.74) is 7.38. The molecule has 198 valence electrons. The number of nitrogens with zero attached hydrogens (tertiary/aromatic N) is 2. The quantitative estimate of drug-likeness (QED) is 0.217. The maximum atomic E-state index is 5.14. The lowest BCUT2D eigenvalue weighted by molar-refractivity contribution is 0.407. The topological polar surface area (TPSA) is 25.8 Å². The summed E-state index contributed by atoms with van der Waals surface area (Å²) < 4.78 is 0. The minimum atomic E-state index is 0.176. The lowest BCUT2D eigenvalue weighted by atomic mass is 9.82. The van der Waals surface area contributed by atoms with Crippen molar-refractivity contribution in [1.29, 1.82) is 0 Å². The number of fused-ring (bicyclic) bond motifs is 3. The Morgan fingerprint density at radius 1 is 0.550 bits per heavy atom. The molecule has 0 N–H and O–H groups in total. The maximum absolute atomic E-state index is 5.14. The van der Waals surface area contributed by atoms with Crippen LogP contribution in [-0.4, -0.2) is 9.97 Å². The summed E-state index contributed by atoms with van der Waals surface area (Å²) in [5.74, 6) is 0. The molecule has 40 heavy (non-hydrogen) atoms. The molecule has 7 aromatic rings. The van der Waals surface area contributed by atoms with Crippen LogP contribution < -0.4 is 0 Å². The molecule has 0 spiro atoms. The predicted octanol–water partition coefficient (Wildman–Crippen LogP) is 10.5. The molecule has 0 amide bonds. The highest BCUT2D eigenvalue weighted by molar-refractivity contribution is 6.28. The number of pyridine rings is 2. The van der Waals surface area contributed by atoms with Crippen molar-refractivity contribution in [2.24, 2.45) is 10.8 Å². The van der Waals surface area contributed by atoms with Gasteiger partial charge in [0.1, 0.15) is 0 Å². The summed E-state index contributed by atoms with van der Waals surface area (Å²) in [6.45, 7) is 13.8. The van der Waals surface area contributed by atoms with E-state index in [0.29, 0.717) is 0 Å². The Balaban J connectivity index is 1.56. The molecule has 0 aliphatic rings. The SMILES string of the molecule is CC(C)(C)Cc1ccc2cc(-c3cc4cccc5ccc6c(CC(C)(C)C)ccc3c6c54)c3cccnc3c2n1. The highest BCUT2D eigenvalue weighted by Crippen LogP contribution is 2.44. The van der Waals surface area contributed by atoms with Gasteiger partial charge in [-0.25, -0.2) is 0 Å². The third-order valence-corrected chi connectivity index (χ3v) is 8.06. The lowest BCUT2D eigenvalue weighted by Gasteiger charge is -2.22. The Morgan fingerprint density at radius 2 is 1.25 bits per heavy atom. The van der Waals surface area contributed by atoms with Crippen LogP contribution >= 0.6 is 0 Å². The molecule has 7 rings (SSSR count). The van der Waals surface area contributed by atoms with Crippen molar-refractivity contribution in [2.45, 2.75) is 54.4 Å². The van der Waals surface area contributed by atoms with Crippen molar-refractivity contribution in [1.82, 2.24) is 9.97 Å². The predicted molar refractivity (Wildman–Crippen MR) is 173 cm³/mol. The van der Waals surface area contributed by atoms with Crippen molar-refractivity contribution < 1.29 is 0 Å². The summed E-state index contributed by atoms with van der Waals surface area (Å²) in [6, 6.07) is 29.5. The van der Waals surface area contributed by atoms with Gasteiger partial charge in [-0.05, 0) is 96.9 Å². The Kier molecular flexibility index (Phi) is 5.45. The molecule has 0 unspecified atom stereocenters. The Morgan fingerprint density at radius 3 is 2.05 bits per heavy atom. The van der Waals surface area contributed by atoms with E-state index in [9.17, 15) is 0 Å². The van der Waals surface area contributed by atoms with Crippen LogP contribution in [0.4, 0.5) is 0 Å². The van der Waals surface area contributed by atoms with E-state index >= 15 is 0 Å². The molecule has 0 saturated heterocycles. The van der Waals surface area contributed by atoms with Gasteiger partial charge in [-0.2, -0.15) is 0 Å². The summed E-state index contributed by atoms with van der Waals surface area (Å²) in [7, 11) is 0. The first-order chi connectivity index (χ1) is 19.1. The fourth-order valence-corrected chi connectivity index (χ4v) is 6.56. The van der Waals surface area contributed by atoms with E-state index in [-0.39, 0.29) is 10.8 Å². The first-order valence-corrected chi connectivity index (χ1v) is 14.4. The molecule has 2 aromatic heterocycles. The number of hydrogen-bond donors (Lipinski definition) is 0. The summed E-state index contributed by atoms with van der Waals surface area (Å²) in [4.78, 5) is 10.0. The van der Waals surface area contributed by atoms with Crippen molar-refractivity contribution in [2.75, 3.05) is 0 Å². The number of benzene rings is 5. The van der Waals surface area contributed by atoms with E-state index < -0.39 is 0 Å². The van der Waals surface area contributed by atoms with Crippen molar-refractivity contribution in [3.63, 3.8) is 0 Å². The van der Waals surface area contributed by atoms with Crippen LogP contribution in [0.3, 0.4) is 0 Å². The van der Waals surface area contributed by atoms with Gasteiger partial charge in [0.05, 0.1) is 11.0 Å². The van der Waals surface area contributed by atoms with Gasteiger partial charge in [0.15, 0.2) is 0 Å². The Labute approximate surface area is 236 Å². The molecule has 0 aliphatic carbocycles. The van der Waals surface area contributed by atoms with Crippen LogP contribution in [0.25, 0.3) is 65.3 Å². The summed E-state index contributed by atoms with van der Waals surface area (Å²) in [6.07, 6.45) is 3.88. The van der Waals surface area contributed by atoms with E-state index in [1.165, 1.54) is 49.0 Å². The third-order valence-electron chi connectivity index (χ3n) is 8.06. The van der Waals surface area contributed by atoms with Gasteiger partial charge < -0.3 is 0 Å². The molecule has 2 nitrogen and oxygen atoms in total. The number of rotatable bonds is 3. The van der Waals surface area contributed by atoms with Crippen LogP contribution in [-0.2, 0) is 12.8 Å². The molecule has 0 saturated carbocycles. The zero-order chi connectivity index (χ0) is 27.8. The van der Waals surface area contributed by atoms with Gasteiger partial charge in [-0.3, -0.25) is 9.97 Å². The first kappa shape index (κ1) is 25.0. The normalized spacial score (nSPS) is 12.9. The van der Waals surface area contributed by atoms with Gasteiger partial charge in [0, 0.05) is 22.7 Å². The van der Waals surface area contributed by atoms with Gasteiger partial charge in [0.2, 0.25) is 0 Å². The minimum absolute atomic E-state index is 0.176. The minimum Gasteiger partial charge on any atom is -0.254 e. The monoisotopic (exact) mass is 520 g/mol. The first-order valence-electron chi connectivity index (χ1n) is 14.4. The fraction of sp³-hybridized carbons (Fsp3) is 0.263.